The van der Waals surface area contributed by atoms with E-state index in [9.17, 15) is 4.79 Å². The molecule has 114 valence electrons. The molecule has 0 fully saturated rings. The fourth-order valence-corrected chi connectivity index (χ4v) is 2.07. The number of aromatic nitrogens is 6. The van der Waals surface area contributed by atoms with Crippen LogP contribution < -0.4 is 5.32 Å². The summed E-state index contributed by atoms with van der Waals surface area (Å²) in [4.78, 5) is 12.2. The molecule has 0 aliphatic carbocycles. The quantitative estimate of drug-likeness (QED) is 0.874. The highest BCUT2D eigenvalue weighted by Gasteiger charge is 2.20. The molecule has 2 rings (SSSR count). The molecule has 0 radical (unpaired) electrons. The van der Waals surface area contributed by atoms with E-state index < -0.39 is 0 Å². The van der Waals surface area contributed by atoms with Crippen LogP contribution in [0.4, 0.5) is 0 Å². The number of nitrogens with zero attached hydrogens (tertiary/aromatic N) is 5. The van der Waals surface area contributed by atoms with Crippen LogP contribution in [0.5, 0.6) is 0 Å². The van der Waals surface area contributed by atoms with E-state index in [4.69, 9.17) is 0 Å². The third-order valence-electron chi connectivity index (χ3n) is 3.13. The van der Waals surface area contributed by atoms with Gasteiger partial charge in [-0.15, -0.1) is 10.2 Å². The predicted octanol–water partition coefficient (Wildman–Crippen LogP) is 0.993. The van der Waals surface area contributed by atoms with Crippen molar-refractivity contribution < 1.29 is 4.79 Å². The second-order valence-electron chi connectivity index (χ2n) is 6.13. The van der Waals surface area contributed by atoms with Crippen molar-refractivity contribution in [1.82, 2.24) is 35.7 Å². The van der Waals surface area contributed by atoms with E-state index in [2.05, 4.69) is 31.0 Å². The molecule has 8 nitrogen and oxygen atoms in total. The predicted molar refractivity (Wildman–Crippen MR) is 76.9 cm³/mol. The third-order valence-corrected chi connectivity index (χ3v) is 3.13. The number of carbonyl (C=O) groups is 1. The summed E-state index contributed by atoms with van der Waals surface area (Å²) >= 11 is 0. The highest BCUT2D eigenvalue weighted by Crippen LogP contribution is 2.16. The number of rotatable bonds is 4. The lowest BCUT2D eigenvalue weighted by Gasteiger charge is -2.21. The van der Waals surface area contributed by atoms with Crippen LogP contribution in [0.2, 0.25) is 0 Å². The smallest absolute Gasteiger partial charge is 0.271 e. The highest BCUT2D eigenvalue weighted by molar-refractivity contribution is 5.92. The van der Waals surface area contributed by atoms with Gasteiger partial charge in [0.1, 0.15) is 5.69 Å². The van der Waals surface area contributed by atoms with Gasteiger partial charge in [0, 0.05) is 18.2 Å². The van der Waals surface area contributed by atoms with Crippen LogP contribution in [-0.4, -0.2) is 42.9 Å². The lowest BCUT2D eigenvalue weighted by Crippen LogP contribution is -2.29. The van der Waals surface area contributed by atoms with Gasteiger partial charge in [0.2, 0.25) is 0 Å². The van der Waals surface area contributed by atoms with Gasteiger partial charge in [-0.1, -0.05) is 12.1 Å². The van der Waals surface area contributed by atoms with Gasteiger partial charge in [-0.05, 0) is 33.8 Å². The summed E-state index contributed by atoms with van der Waals surface area (Å²) in [7, 11) is 0. The minimum atomic E-state index is -0.198. The van der Waals surface area contributed by atoms with Crippen molar-refractivity contribution in [3.63, 3.8) is 0 Å². The first kappa shape index (κ1) is 15.1. The average molecular weight is 291 g/mol. The Labute approximate surface area is 123 Å². The van der Waals surface area contributed by atoms with Gasteiger partial charge in [0.15, 0.2) is 5.82 Å². The van der Waals surface area contributed by atoms with Gasteiger partial charge in [-0.25, -0.2) is 0 Å². The van der Waals surface area contributed by atoms with Crippen molar-refractivity contribution in [3.8, 4) is 0 Å². The Kier molecular flexibility index (Phi) is 4.06. The number of aromatic amines is 1. The molecule has 0 aliphatic heterocycles. The lowest BCUT2D eigenvalue weighted by atomic mass is 10.1. The molecule has 2 heterocycles. The fourth-order valence-electron chi connectivity index (χ4n) is 2.07. The van der Waals surface area contributed by atoms with Crippen molar-refractivity contribution in [2.24, 2.45) is 0 Å². The van der Waals surface area contributed by atoms with Gasteiger partial charge < -0.3 is 5.32 Å². The van der Waals surface area contributed by atoms with E-state index in [-0.39, 0.29) is 17.4 Å². The maximum absolute atomic E-state index is 12.2. The van der Waals surface area contributed by atoms with E-state index in [0.717, 1.165) is 5.69 Å². The molecular formula is C13H21N7O. The third kappa shape index (κ3) is 3.45. The van der Waals surface area contributed by atoms with Crippen molar-refractivity contribution in [2.75, 3.05) is 6.54 Å². The number of aryl methyl sites for hydroxylation is 1. The largest absolute Gasteiger partial charge is 0.350 e. The molecule has 1 atom stereocenters. The molecule has 2 N–H and O–H groups in total. The summed E-state index contributed by atoms with van der Waals surface area (Å²) in [6.07, 6.45) is 0. The minimum Gasteiger partial charge on any atom is -0.350 e. The Balaban J connectivity index is 2.01. The molecule has 0 aliphatic rings. The zero-order chi connectivity index (χ0) is 15.6. The van der Waals surface area contributed by atoms with Crippen molar-refractivity contribution in [3.05, 3.63) is 23.3 Å². The first-order chi connectivity index (χ1) is 9.79. The molecule has 0 saturated heterocycles. The van der Waals surface area contributed by atoms with Crippen molar-refractivity contribution in [1.29, 1.82) is 0 Å². The number of H-pyrrole nitrogens is 1. The second-order valence-corrected chi connectivity index (χ2v) is 6.13. The van der Waals surface area contributed by atoms with Crippen LogP contribution in [-0.2, 0) is 5.54 Å². The lowest BCUT2D eigenvalue weighted by molar-refractivity contribution is 0.0945. The number of hydrogen-bond donors (Lipinski definition) is 2. The number of tetrazole rings is 1. The number of nitrogens with one attached hydrogen (secondary N) is 2. The summed E-state index contributed by atoms with van der Waals surface area (Å²) in [6, 6.07) is 1.79. The van der Waals surface area contributed by atoms with Crippen LogP contribution in [0, 0.1) is 6.92 Å². The van der Waals surface area contributed by atoms with Crippen LogP contribution in [0.25, 0.3) is 0 Å². The normalized spacial score (nSPS) is 13.2. The maximum atomic E-state index is 12.2. The van der Waals surface area contributed by atoms with Gasteiger partial charge in [-0.3, -0.25) is 9.48 Å². The van der Waals surface area contributed by atoms with E-state index in [1.165, 1.54) is 0 Å². The van der Waals surface area contributed by atoms with Gasteiger partial charge in [0.25, 0.3) is 5.91 Å². The second kappa shape index (κ2) is 5.63. The molecule has 2 aromatic heterocycles. The number of carbonyl (C=O) groups excluding carboxylic acids is 1. The molecule has 8 heteroatoms. The van der Waals surface area contributed by atoms with Gasteiger partial charge >= 0.3 is 0 Å². The Hall–Kier alpha value is -2.25. The zero-order valence-electron chi connectivity index (χ0n) is 13.0. The minimum absolute atomic E-state index is 0.0153. The summed E-state index contributed by atoms with van der Waals surface area (Å²) in [5.74, 6) is 0.363. The SMILES string of the molecule is Cc1cc(C(=O)NCC(C)c2nn[nH]n2)nn1C(C)(C)C. The standard InChI is InChI=1S/C13H21N7O/c1-8(11-15-18-19-16-11)7-14-12(21)10-6-9(2)20(17-10)13(3,4)5/h6,8H,7H2,1-5H3,(H,14,21)(H,15,16,18,19). The van der Waals surface area contributed by atoms with Crippen molar-refractivity contribution in [2.45, 2.75) is 46.1 Å². The molecule has 1 amide bonds. The average Bonchev–Trinajstić information content (AvgIpc) is 3.03. The highest BCUT2D eigenvalue weighted by atomic mass is 16.1. The van der Waals surface area contributed by atoms with E-state index in [1.54, 1.807) is 6.07 Å². The first-order valence-corrected chi connectivity index (χ1v) is 6.87. The number of amides is 1. The van der Waals surface area contributed by atoms with E-state index >= 15 is 0 Å². The summed E-state index contributed by atoms with van der Waals surface area (Å²) in [5, 5.41) is 20.9. The van der Waals surface area contributed by atoms with Crippen LogP contribution in [0.15, 0.2) is 6.07 Å². The molecule has 21 heavy (non-hydrogen) atoms. The topological polar surface area (TPSA) is 101 Å². The molecule has 0 saturated carbocycles. The Bertz CT molecular complexity index is 609. The van der Waals surface area contributed by atoms with E-state index in [0.29, 0.717) is 18.1 Å². The molecule has 0 aromatic carbocycles. The molecule has 1 unspecified atom stereocenters. The fraction of sp³-hybridized carbons (Fsp3) is 0.615. The van der Waals surface area contributed by atoms with Gasteiger partial charge in [0.05, 0.1) is 5.54 Å². The van der Waals surface area contributed by atoms with E-state index in [1.807, 2.05) is 39.3 Å². The molecule has 0 spiro atoms. The summed E-state index contributed by atoms with van der Waals surface area (Å²) in [5.41, 5.74) is 1.22. The zero-order valence-corrected chi connectivity index (χ0v) is 13.0. The summed E-state index contributed by atoms with van der Waals surface area (Å²) in [6.45, 7) is 10.4. The molecule has 2 aromatic rings. The summed E-state index contributed by atoms with van der Waals surface area (Å²) < 4.78 is 1.85. The Morgan fingerprint density at radius 1 is 1.48 bits per heavy atom. The van der Waals surface area contributed by atoms with Crippen LogP contribution >= 0.6 is 0 Å². The first-order valence-electron chi connectivity index (χ1n) is 6.87. The van der Waals surface area contributed by atoms with Gasteiger partial charge in [-0.2, -0.15) is 10.3 Å². The molecular weight excluding hydrogens is 270 g/mol. The maximum Gasteiger partial charge on any atom is 0.271 e. The molecule has 0 bridgehead atoms. The monoisotopic (exact) mass is 291 g/mol. The Morgan fingerprint density at radius 2 is 2.19 bits per heavy atom. The van der Waals surface area contributed by atoms with Crippen LogP contribution in [0.1, 0.15) is 55.6 Å². The van der Waals surface area contributed by atoms with Crippen molar-refractivity contribution >= 4 is 5.91 Å². The Morgan fingerprint density at radius 3 is 2.71 bits per heavy atom. The number of hydrogen-bond acceptors (Lipinski definition) is 5. The van der Waals surface area contributed by atoms with Crippen LogP contribution in [0.3, 0.4) is 0 Å².